The van der Waals surface area contributed by atoms with Gasteiger partial charge in [0, 0.05) is 30.7 Å². The van der Waals surface area contributed by atoms with Crippen LogP contribution in [-0.4, -0.2) is 46.2 Å². The molecule has 0 radical (unpaired) electrons. The molecule has 2 aliphatic heterocycles. The molecule has 0 bridgehead atoms. The van der Waals surface area contributed by atoms with Crippen molar-refractivity contribution in [2.24, 2.45) is 0 Å². The zero-order valence-electron chi connectivity index (χ0n) is 17.6. The lowest BCUT2D eigenvalue weighted by Gasteiger charge is -2.38. The summed E-state index contributed by atoms with van der Waals surface area (Å²) in [6, 6.07) is 11.2. The van der Waals surface area contributed by atoms with E-state index in [2.05, 4.69) is 18.0 Å². The van der Waals surface area contributed by atoms with E-state index in [4.69, 9.17) is 23.7 Å². The molecule has 0 atom stereocenters. The van der Waals surface area contributed by atoms with Gasteiger partial charge in [-0.25, -0.2) is 0 Å². The van der Waals surface area contributed by atoms with E-state index in [1.165, 1.54) is 0 Å². The fourth-order valence-corrected chi connectivity index (χ4v) is 3.98. The topological polar surface area (TPSA) is 75.3 Å². The van der Waals surface area contributed by atoms with E-state index in [0.717, 1.165) is 29.9 Å². The third-order valence-electron chi connectivity index (χ3n) is 5.80. The number of carbonyl (C=O) groups is 1. The first-order valence-electron chi connectivity index (χ1n) is 10.3. The molecule has 1 fully saturated rings. The summed E-state index contributed by atoms with van der Waals surface area (Å²) in [5.74, 6) is 2.40. The zero-order valence-corrected chi connectivity index (χ0v) is 17.6. The molecule has 7 nitrogen and oxygen atoms in total. The number of ether oxygens (including phenoxy) is 5. The minimum atomic E-state index is -0.230. The maximum Gasteiger partial charge on any atom is 0.251 e. The van der Waals surface area contributed by atoms with Gasteiger partial charge in [0.2, 0.25) is 6.79 Å². The Kier molecular flexibility index (Phi) is 6.32. The van der Waals surface area contributed by atoms with Gasteiger partial charge in [-0.3, -0.25) is 4.79 Å². The number of nitrogens with one attached hydrogen (secondary N) is 1. The molecule has 7 heteroatoms. The van der Waals surface area contributed by atoms with Crippen molar-refractivity contribution < 1.29 is 28.5 Å². The minimum absolute atomic E-state index is 0.166. The summed E-state index contributed by atoms with van der Waals surface area (Å²) < 4.78 is 27.5. The molecule has 2 heterocycles. The van der Waals surface area contributed by atoms with Crippen molar-refractivity contribution in [1.82, 2.24) is 5.32 Å². The van der Waals surface area contributed by atoms with Crippen LogP contribution in [0.1, 0.15) is 28.8 Å². The Bertz CT molecular complexity index is 951. The molecule has 0 aromatic heterocycles. The van der Waals surface area contributed by atoms with Crippen molar-refractivity contribution in [2.45, 2.75) is 18.3 Å². The van der Waals surface area contributed by atoms with E-state index >= 15 is 0 Å². The molecule has 2 aliphatic rings. The number of hydrogen-bond acceptors (Lipinski definition) is 6. The first-order valence-corrected chi connectivity index (χ1v) is 10.3. The molecular weight excluding hydrogens is 398 g/mol. The predicted molar refractivity (Wildman–Crippen MR) is 115 cm³/mol. The second kappa shape index (κ2) is 9.31. The number of fused-ring (bicyclic) bond motifs is 1. The van der Waals surface area contributed by atoms with Crippen LogP contribution in [0.15, 0.2) is 49.1 Å². The van der Waals surface area contributed by atoms with Crippen LogP contribution in [0.2, 0.25) is 0 Å². The highest BCUT2D eigenvalue weighted by Crippen LogP contribution is 2.40. The smallest absolute Gasteiger partial charge is 0.251 e. The largest absolute Gasteiger partial charge is 0.493 e. The van der Waals surface area contributed by atoms with Gasteiger partial charge in [-0.15, -0.1) is 0 Å². The van der Waals surface area contributed by atoms with Gasteiger partial charge < -0.3 is 29.0 Å². The first kappa shape index (κ1) is 21.1. The minimum Gasteiger partial charge on any atom is -0.493 e. The van der Waals surface area contributed by atoms with Gasteiger partial charge in [-0.1, -0.05) is 18.7 Å². The van der Waals surface area contributed by atoms with Crippen molar-refractivity contribution >= 4 is 5.91 Å². The number of benzene rings is 2. The molecule has 2 aromatic carbocycles. The monoisotopic (exact) mass is 425 g/mol. The van der Waals surface area contributed by atoms with Gasteiger partial charge in [0.15, 0.2) is 23.0 Å². The Balaban J connectivity index is 1.51. The van der Waals surface area contributed by atoms with Crippen molar-refractivity contribution in [3.05, 3.63) is 60.2 Å². The highest BCUT2D eigenvalue weighted by Gasteiger charge is 2.36. The summed E-state index contributed by atoms with van der Waals surface area (Å²) in [6.45, 7) is 6.03. The number of amides is 1. The van der Waals surface area contributed by atoms with Crippen molar-refractivity contribution in [3.8, 4) is 23.0 Å². The van der Waals surface area contributed by atoms with E-state index in [9.17, 15) is 4.79 Å². The molecule has 1 amide bonds. The summed E-state index contributed by atoms with van der Waals surface area (Å²) >= 11 is 0. The molecule has 0 aliphatic carbocycles. The molecule has 0 unspecified atom stereocenters. The number of carbonyl (C=O) groups excluding carboxylic acids is 1. The third kappa shape index (κ3) is 4.46. The van der Waals surface area contributed by atoms with E-state index in [1.54, 1.807) is 31.4 Å². The van der Waals surface area contributed by atoms with Crippen LogP contribution in [-0.2, 0) is 10.2 Å². The molecule has 1 N–H and O–H groups in total. The van der Waals surface area contributed by atoms with E-state index in [-0.39, 0.29) is 18.1 Å². The van der Waals surface area contributed by atoms with E-state index < -0.39 is 0 Å². The fraction of sp³-hybridized carbons (Fsp3) is 0.375. The van der Waals surface area contributed by atoms with E-state index in [0.29, 0.717) is 43.4 Å². The second-order valence-corrected chi connectivity index (χ2v) is 7.61. The van der Waals surface area contributed by atoms with Crippen LogP contribution >= 0.6 is 0 Å². The van der Waals surface area contributed by atoms with Crippen molar-refractivity contribution in [1.29, 1.82) is 0 Å². The number of methoxy groups -OCH3 is 1. The average Bonchev–Trinajstić information content (AvgIpc) is 3.29. The molecule has 4 rings (SSSR count). The van der Waals surface area contributed by atoms with Gasteiger partial charge in [0.05, 0.1) is 7.11 Å². The summed E-state index contributed by atoms with van der Waals surface area (Å²) in [5.41, 5.74) is 1.40. The molecule has 1 saturated heterocycles. The fourth-order valence-electron chi connectivity index (χ4n) is 3.98. The van der Waals surface area contributed by atoms with Gasteiger partial charge in [0.25, 0.3) is 5.91 Å². The highest BCUT2D eigenvalue weighted by molar-refractivity contribution is 5.95. The van der Waals surface area contributed by atoms with Crippen LogP contribution in [0.4, 0.5) is 0 Å². The van der Waals surface area contributed by atoms with E-state index in [1.807, 2.05) is 12.1 Å². The Labute approximate surface area is 181 Å². The lowest BCUT2D eigenvalue weighted by Crippen LogP contribution is -2.44. The van der Waals surface area contributed by atoms with Crippen LogP contribution in [0, 0.1) is 0 Å². The molecule has 2 aromatic rings. The zero-order chi connectivity index (χ0) is 21.7. The normalized spacial score (nSPS) is 16.4. The second-order valence-electron chi connectivity index (χ2n) is 7.61. The van der Waals surface area contributed by atoms with Gasteiger partial charge in [-0.05, 0) is 48.7 Å². The average molecular weight is 425 g/mol. The van der Waals surface area contributed by atoms with Crippen LogP contribution < -0.4 is 24.3 Å². The lowest BCUT2D eigenvalue weighted by atomic mass is 9.74. The van der Waals surface area contributed by atoms with Crippen LogP contribution in [0.3, 0.4) is 0 Å². The predicted octanol–water partition coefficient (Wildman–Crippen LogP) is 3.47. The van der Waals surface area contributed by atoms with Gasteiger partial charge in [-0.2, -0.15) is 0 Å². The van der Waals surface area contributed by atoms with Crippen molar-refractivity contribution in [3.63, 3.8) is 0 Å². The number of hydrogen-bond donors (Lipinski definition) is 1. The Morgan fingerprint density at radius 1 is 1.13 bits per heavy atom. The Morgan fingerprint density at radius 3 is 2.71 bits per heavy atom. The Morgan fingerprint density at radius 2 is 1.94 bits per heavy atom. The molecule has 164 valence electrons. The number of rotatable bonds is 8. The highest BCUT2D eigenvalue weighted by atomic mass is 16.7. The first-order chi connectivity index (χ1) is 15.1. The quantitative estimate of drug-likeness (QED) is 0.653. The Hall–Kier alpha value is -3.19. The molecule has 0 spiro atoms. The van der Waals surface area contributed by atoms with Crippen molar-refractivity contribution in [2.75, 3.05) is 40.3 Å². The molecular formula is C24H27NO6. The van der Waals surface area contributed by atoms with Crippen LogP contribution in [0.5, 0.6) is 23.0 Å². The third-order valence-corrected chi connectivity index (χ3v) is 5.80. The molecule has 31 heavy (non-hydrogen) atoms. The van der Waals surface area contributed by atoms with Gasteiger partial charge in [0.1, 0.15) is 6.61 Å². The SMILES string of the molecule is C=CCOc1ccc(C(=O)NCC2(c3ccc4c(c3)OCO4)CCOCC2)cc1OC. The standard InChI is InChI=1S/C24H27NO6/c1-3-10-29-19-6-4-17(13-21(19)27-2)23(26)25-15-24(8-11-28-12-9-24)18-5-7-20-22(14-18)31-16-30-20/h3-7,13-14H,1,8-12,15-16H2,2H3,(H,25,26). The summed E-state index contributed by atoms with van der Waals surface area (Å²) in [4.78, 5) is 12.9. The van der Waals surface area contributed by atoms with Gasteiger partial charge >= 0.3 is 0 Å². The summed E-state index contributed by atoms with van der Waals surface area (Å²) in [7, 11) is 1.55. The lowest BCUT2D eigenvalue weighted by molar-refractivity contribution is 0.0486. The molecule has 0 saturated carbocycles. The summed E-state index contributed by atoms with van der Waals surface area (Å²) in [6.07, 6.45) is 3.28. The maximum absolute atomic E-state index is 12.9. The maximum atomic E-state index is 12.9. The van der Waals surface area contributed by atoms with Crippen LogP contribution in [0.25, 0.3) is 0 Å². The summed E-state index contributed by atoms with van der Waals surface area (Å²) in [5, 5.41) is 3.11.